The van der Waals surface area contributed by atoms with Crippen LogP contribution >= 0.6 is 11.6 Å². The number of benzene rings is 2. The molecule has 0 radical (unpaired) electrons. The molecule has 0 fully saturated rings. The van der Waals surface area contributed by atoms with Crippen molar-refractivity contribution in [2.24, 2.45) is 0 Å². The number of hydrogen-bond donors (Lipinski definition) is 1. The highest BCUT2D eigenvalue weighted by Crippen LogP contribution is 2.18. The molecule has 1 heterocycles. The Morgan fingerprint density at radius 3 is 2.62 bits per heavy atom. The molecule has 0 saturated heterocycles. The summed E-state index contributed by atoms with van der Waals surface area (Å²) in [6.45, 7) is 5.51. The van der Waals surface area contributed by atoms with Gasteiger partial charge in [-0.2, -0.15) is 9.78 Å². The second-order valence-corrected chi connectivity index (χ2v) is 7.91. The molecule has 1 atom stereocenters. The molecule has 2 aromatic carbocycles. The number of halogens is 1. The second-order valence-electron chi connectivity index (χ2n) is 7.50. The molecular weight excluding hydrogens is 432 g/mol. The van der Waals surface area contributed by atoms with E-state index in [0.717, 1.165) is 14.8 Å². The van der Waals surface area contributed by atoms with Crippen molar-refractivity contribution in [2.45, 2.75) is 39.8 Å². The lowest BCUT2D eigenvalue weighted by molar-refractivity contribution is 0.0929. The van der Waals surface area contributed by atoms with Gasteiger partial charge in [-0.15, -0.1) is 0 Å². The largest absolute Gasteiger partial charge is 0.497 e. The number of methoxy groups -OCH3 is 1. The van der Waals surface area contributed by atoms with Crippen LogP contribution in [0.3, 0.4) is 0 Å². The molecule has 0 spiro atoms. The van der Waals surface area contributed by atoms with E-state index in [1.807, 2.05) is 20.8 Å². The lowest BCUT2D eigenvalue weighted by Gasteiger charge is -2.15. The Labute approximate surface area is 190 Å². The van der Waals surface area contributed by atoms with Crippen LogP contribution in [0.25, 0.3) is 5.69 Å². The van der Waals surface area contributed by atoms with Crippen molar-refractivity contribution < 1.29 is 9.53 Å². The fourth-order valence-electron chi connectivity index (χ4n) is 3.03. The Morgan fingerprint density at radius 1 is 1.22 bits per heavy atom. The van der Waals surface area contributed by atoms with Crippen molar-refractivity contribution in [1.82, 2.24) is 19.7 Å². The first-order valence-corrected chi connectivity index (χ1v) is 10.6. The molecule has 0 aliphatic heterocycles. The minimum absolute atomic E-state index is 0.0550. The summed E-state index contributed by atoms with van der Waals surface area (Å²) in [4.78, 5) is 39.2. The predicted octanol–water partition coefficient (Wildman–Crippen LogP) is 2.94. The monoisotopic (exact) mass is 456 g/mol. The Balaban J connectivity index is 2.20. The molecule has 3 aromatic rings. The number of amides is 1. The molecule has 8 nitrogen and oxygen atoms in total. The maximum absolute atomic E-state index is 13.3. The third kappa shape index (κ3) is 4.91. The van der Waals surface area contributed by atoms with Crippen LogP contribution in [0.5, 0.6) is 5.75 Å². The van der Waals surface area contributed by atoms with Crippen LogP contribution in [0.15, 0.2) is 52.1 Å². The zero-order chi connectivity index (χ0) is 23.4. The van der Waals surface area contributed by atoms with Gasteiger partial charge < -0.3 is 10.1 Å². The van der Waals surface area contributed by atoms with E-state index in [-0.39, 0.29) is 18.3 Å². The number of aromatic nitrogens is 3. The number of carbonyl (C=O) groups excluding carboxylic acids is 1. The molecule has 0 aliphatic carbocycles. The van der Waals surface area contributed by atoms with Crippen molar-refractivity contribution in [3.63, 3.8) is 0 Å². The summed E-state index contributed by atoms with van der Waals surface area (Å²) in [7, 11) is 1.53. The Kier molecular flexibility index (Phi) is 7.15. The van der Waals surface area contributed by atoms with Crippen molar-refractivity contribution >= 4 is 17.5 Å². The summed E-state index contributed by atoms with van der Waals surface area (Å²) in [5.41, 5.74) is 0.0115. The van der Waals surface area contributed by atoms with Gasteiger partial charge in [-0.25, -0.2) is 4.79 Å². The average molecular weight is 457 g/mol. The number of aryl methyl sites for hydroxylation is 1. The maximum atomic E-state index is 13.3. The molecule has 0 bridgehead atoms. The van der Waals surface area contributed by atoms with Gasteiger partial charge in [-0.1, -0.05) is 36.7 Å². The van der Waals surface area contributed by atoms with E-state index in [1.165, 1.54) is 7.11 Å². The van der Waals surface area contributed by atoms with Crippen LogP contribution in [0.2, 0.25) is 5.02 Å². The first-order chi connectivity index (χ1) is 15.2. The summed E-state index contributed by atoms with van der Waals surface area (Å²) in [5, 5.41) is 7.29. The van der Waals surface area contributed by atoms with E-state index in [4.69, 9.17) is 16.3 Å². The Bertz CT molecular complexity index is 1270. The molecule has 32 heavy (non-hydrogen) atoms. The van der Waals surface area contributed by atoms with Gasteiger partial charge in [0.1, 0.15) is 5.75 Å². The Morgan fingerprint density at radius 2 is 1.97 bits per heavy atom. The first-order valence-electron chi connectivity index (χ1n) is 10.2. The van der Waals surface area contributed by atoms with E-state index < -0.39 is 17.2 Å². The third-order valence-electron chi connectivity index (χ3n) is 5.14. The van der Waals surface area contributed by atoms with Gasteiger partial charge >= 0.3 is 5.69 Å². The fourth-order valence-corrected chi connectivity index (χ4v) is 3.20. The maximum Gasteiger partial charge on any atom is 0.352 e. The molecule has 168 valence electrons. The van der Waals surface area contributed by atoms with Crippen LogP contribution in [-0.4, -0.2) is 33.4 Å². The molecule has 1 amide bonds. The summed E-state index contributed by atoms with van der Waals surface area (Å²) in [6.07, 6.45) is 0.678. The summed E-state index contributed by atoms with van der Waals surface area (Å²) < 4.78 is 7.24. The van der Waals surface area contributed by atoms with Gasteiger partial charge in [-0.3, -0.25) is 14.2 Å². The van der Waals surface area contributed by atoms with Crippen LogP contribution in [-0.2, 0) is 6.54 Å². The third-order valence-corrected chi connectivity index (χ3v) is 5.55. The van der Waals surface area contributed by atoms with Gasteiger partial charge in [0.05, 0.1) is 19.3 Å². The summed E-state index contributed by atoms with van der Waals surface area (Å²) in [6, 6.07) is 11.8. The standard InChI is InChI=1S/C23H25ClN4O4/c1-5-15(3)25-21(29)20-22(30)27(13-16-7-6-8-18(11-16)32-4)23(31)28(26-20)17-10-9-14(2)19(24)12-17/h6-12,15H,5,13H2,1-4H3,(H,25,29). The van der Waals surface area contributed by atoms with Crippen LogP contribution in [0.1, 0.15) is 41.9 Å². The molecule has 9 heteroatoms. The highest BCUT2D eigenvalue weighted by atomic mass is 35.5. The lowest BCUT2D eigenvalue weighted by atomic mass is 10.2. The molecule has 1 N–H and O–H groups in total. The van der Waals surface area contributed by atoms with Gasteiger partial charge in [0.25, 0.3) is 11.5 Å². The van der Waals surface area contributed by atoms with Crippen LogP contribution < -0.4 is 21.3 Å². The number of nitrogens with one attached hydrogen (secondary N) is 1. The van der Waals surface area contributed by atoms with E-state index in [2.05, 4.69) is 10.4 Å². The second kappa shape index (κ2) is 9.82. The molecule has 0 aliphatic rings. The van der Waals surface area contributed by atoms with E-state index in [1.54, 1.807) is 42.5 Å². The van der Waals surface area contributed by atoms with Gasteiger partial charge in [0, 0.05) is 11.1 Å². The SMILES string of the molecule is CCC(C)NC(=O)c1nn(-c2ccc(C)c(Cl)c2)c(=O)n(Cc2cccc(OC)c2)c1=O. The molecular formula is C23H25ClN4O4. The summed E-state index contributed by atoms with van der Waals surface area (Å²) in [5.74, 6) is -0.0549. The molecule has 0 saturated carbocycles. The fraction of sp³-hybridized carbons (Fsp3) is 0.304. The number of rotatable bonds is 7. The van der Waals surface area contributed by atoms with Crippen molar-refractivity contribution in [2.75, 3.05) is 7.11 Å². The highest BCUT2D eigenvalue weighted by Gasteiger charge is 2.21. The molecule has 1 aromatic heterocycles. The summed E-state index contributed by atoms with van der Waals surface area (Å²) >= 11 is 6.24. The van der Waals surface area contributed by atoms with Gasteiger partial charge in [0.2, 0.25) is 5.69 Å². The number of nitrogens with zero attached hydrogens (tertiary/aromatic N) is 3. The normalized spacial score (nSPS) is 11.8. The zero-order valence-electron chi connectivity index (χ0n) is 18.4. The van der Waals surface area contributed by atoms with E-state index in [0.29, 0.717) is 28.4 Å². The lowest BCUT2D eigenvalue weighted by Crippen LogP contribution is -2.47. The minimum atomic E-state index is -0.770. The highest BCUT2D eigenvalue weighted by molar-refractivity contribution is 6.31. The van der Waals surface area contributed by atoms with Crippen molar-refractivity contribution in [3.05, 3.63) is 85.1 Å². The number of ether oxygens (including phenoxy) is 1. The number of carbonyl (C=O) groups is 1. The zero-order valence-corrected chi connectivity index (χ0v) is 19.1. The van der Waals surface area contributed by atoms with Crippen molar-refractivity contribution in [3.8, 4) is 11.4 Å². The quantitative estimate of drug-likeness (QED) is 0.589. The topological polar surface area (TPSA) is 95.2 Å². The average Bonchev–Trinajstić information content (AvgIpc) is 2.78. The molecule has 1 unspecified atom stereocenters. The van der Waals surface area contributed by atoms with E-state index >= 15 is 0 Å². The number of hydrogen-bond acceptors (Lipinski definition) is 5. The van der Waals surface area contributed by atoms with Gasteiger partial charge in [-0.05, 0) is 55.7 Å². The van der Waals surface area contributed by atoms with Crippen LogP contribution in [0.4, 0.5) is 0 Å². The van der Waals surface area contributed by atoms with Crippen molar-refractivity contribution in [1.29, 1.82) is 0 Å². The minimum Gasteiger partial charge on any atom is -0.497 e. The first kappa shape index (κ1) is 23.3. The van der Waals surface area contributed by atoms with E-state index in [9.17, 15) is 14.4 Å². The van der Waals surface area contributed by atoms with Crippen LogP contribution in [0, 0.1) is 6.92 Å². The predicted molar refractivity (Wildman–Crippen MR) is 123 cm³/mol. The smallest absolute Gasteiger partial charge is 0.352 e. The Hall–Kier alpha value is -3.39. The van der Waals surface area contributed by atoms with Gasteiger partial charge in [0.15, 0.2) is 0 Å². The molecule has 3 rings (SSSR count).